The van der Waals surface area contributed by atoms with Gasteiger partial charge in [0.05, 0.1) is 0 Å². The van der Waals surface area contributed by atoms with Crippen molar-refractivity contribution in [3.05, 3.63) is 65.7 Å². The minimum atomic E-state index is -0.474. The fraction of sp³-hybridized carbons (Fsp3) is 0.250. The molecule has 0 aromatic heterocycles. The fourth-order valence-corrected chi connectivity index (χ4v) is 2.18. The van der Waals surface area contributed by atoms with Crippen molar-refractivity contribution < 1.29 is 19.1 Å². The number of esters is 1. The van der Waals surface area contributed by atoms with Crippen molar-refractivity contribution in [2.45, 2.75) is 19.8 Å². The Morgan fingerprint density at radius 1 is 0.962 bits per heavy atom. The van der Waals surface area contributed by atoms with E-state index in [-0.39, 0.29) is 24.8 Å². The average Bonchev–Trinajstić information content (AvgIpc) is 2.66. The zero-order chi connectivity index (χ0) is 18.8. The van der Waals surface area contributed by atoms with E-state index in [1.807, 2.05) is 25.1 Å². The summed E-state index contributed by atoms with van der Waals surface area (Å²) in [6.45, 7) is 1.98. The first-order valence-electron chi connectivity index (χ1n) is 8.40. The Morgan fingerprint density at radius 2 is 1.65 bits per heavy atom. The molecule has 0 heterocycles. The Hall–Kier alpha value is -3.15. The largest absolute Gasteiger partial charge is 0.456 e. The van der Waals surface area contributed by atoms with Crippen LogP contribution in [-0.4, -0.2) is 30.9 Å². The van der Waals surface area contributed by atoms with E-state index in [0.29, 0.717) is 24.2 Å². The molecule has 0 unspecified atom stereocenters. The van der Waals surface area contributed by atoms with Crippen LogP contribution in [0.1, 0.15) is 28.8 Å². The summed E-state index contributed by atoms with van der Waals surface area (Å²) < 4.78 is 4.93. The number of carbonyl (C=O) groups excluding carboxylic acids is 3. The monoisotopic (exact) mass is 354 g/mol. The predicted molar refractivity (Wildman–Crippen MR) is 98.8 cm³/mol. The maximum Gasteiger partial charge on any atom is 0.306 e. The van der Waals surface area contributed by atoms with Gasteiger partial charge in [-0.3, -0.25) is 14.4 Å². The van der Waals surface area contributed by atoms with E-state index in [0.717, 1.165) is 5.56 Å². The van der Waals surface area contributed by atoms with Gasteiger partial charge in [-0.05, 0) is 37.6 Å². The minimum absolute atomic E-state index is 0.132. The van der Waals surface area contributed by atoms with Crippen LogP contribution >= 0.6 is 0 Å². The molecule has 0 fully saturated rings. The predicted octanol–water partition coefficient (Wildman–Crippen LogP) is 2.69. The molecule has 6 heteroatoms. The van der Waals surface area contributed by atoms with E-state index in [2.05, 4.69) is 10.6 Å². The normalized spacial score (nSPS) is 10.0. The first-order chi connectivity index (χ1) is 12.5. The summed E-state index contributed by atoms with van der Waals surface area (Å²) in [4.78, 5) is 35.2. The van der Waals surface area contributed by atoms with E-state index >= 15 is 0 Å². The number of anilines is 1. The quantitative estimate of drug-likeness (QED) is 0.564. The molecule has 2 N–H and O–H groups in total. The highest BCUT2D eigenvalue weighted by Gasteiger charge is 2.09. The first kappa shape index (κ1) is 19.2. The maximum absolute atomic E-state index is 11.8. The van der Waals surface area contributed by atoms with Gasteiger partial charge in [0.15, 0.2) is 6.61 Å². The molecule has 0 saturated heterocycles. The molecule has 2 aromatic rings. The molecule has 0 aliphatic carbocycles. The highest BCUT2D eigenvalue weighted by Crippen LogP contribution is 2.08. The molecular weight excluding hydrogens is 332 g/mol. The molecule has 0 aliphatic rings. The topological polar surface area (TPSA) is 84.5 Å². The number of rotatable bonds is 8. The number of carbonyl (C=O) groups is 3. The molecule has 0 atom stereocenters. The Kier molecular flexibility index (Phi) is 7.36. The Labute approximate surface area is 152 Å². The lowest BCUT2D eigenvalue weighted by Crippen LogP contribution is -2.25. The summed E-state index contributed by atoms with van der Waals surface area (Å²) in [7, 11) is 0. The SMILES string of the molecule is Cc1ccc(NC(=O)COC(=O)CCCNC(=O)c2ccccc2)cc1. The van der Waals surface area contributed by atoms with Gasteiger partial charge in [0.1, 0.15) is 0 Å². The Balaban J connectivity index is 1.59. The lowest BCUT2D eigenvalue weighted by Gasteiger charge is -2.07. The second-order valence-electron chi connectivity index (χ2n) is 5.80. The zero-order valence-electron chi connectivity index (χ0n) is 14.7. The van der Waals surface area contributed by atoms with E-state index in [1.165, 1.54) is 0 Å². The summed E-state index contributed by atoms with van der Waals surface area (Å²) in [5, 5.41) is 5.38. The Morgan fingerprint density at radius 3 is 2.35 bits per heavy atom. The summed E-state index contributed by atoms with van der Waals surface area (Å²) in [5.41, 5.74) is 2.32. The van der Waals surface area contributed by atoms with Crippen LogP contribution in [0, 0.1) is 6.92 Å². The van der Waals surface area contributed by atoms with Gasteiger partial charge in [-0.2, -0.15) is 0 Å². The number of aryl methyl sites for hydroxylation is 1. The number of benzene rings is 2. The van der Waals surface area contributed by atoms with Crippen LogP contribution in [0.25, 0.3) is 0 Å². The van der Waals surface area contributed by atoms with Crippen molar-refractivity contribution >= 4 is 23.5 Å². The molecule has 26 heavy (non-hydrogen) atoms. The van der Waals surface area contributed by atoms with E-state index in [1.54, 1.807) is 36.4 Å². The van der Waals surface area contributed by atoms with E-state index in [4.69, 9.17) is 4.74 Å². The van der Waals surface area contributed by atoms with Gasteiger partial charge >= 0.3 is 5.97 Å². The molecule has 0 aliphatic heterocycles. The van der Waals surface area contributed by atoms with Gasteiger partial charge in [0.25, 0.3) is 11.8 Å². The number of hydrogen-bond donors (Lipinski definition) is 2. The lowest BCUT2D eigenvalue weighted by atomic mass is 10.2. The van der Waals surface area contributed by atoms with Crippen molar-refractivity contribution in [3.63, 3.8) is 0 Å². The molecule has 2 aromatic carbocycles. The standard InChI is InChI=1S/C20H22N2O4/c1-15-9-11-17(12-10-15)22-18(23)14-26-19(24)8-5-13-21-20(25)16-6-3-2-4-7-16/h2-4,6-7,9-12H,5,8,13-14H2,1H3,(H,21,25)(H,22,23). The van der Waals surface area contributed by atoms with Crippen molar-refractivity contribution in [2.24, 2.45) is 0 Å². The van der Waals surface area contributed by atoms with Crippen LogP contribution in [0.3, 0.4) is 0 Å². The lowest BCUT2D eigenvalue weighted by molar-refractivity contribution is -0.147. The maximum atomic E-state index is 11.8. The molecule has 0 bridgehead atoms. The smallest absolute Gasteiger partial charge is 0.306 e. The first-order valence-corrected chi connectivity index (χ1v) is 8.40. The molecular formula is C20H22N2O4. The molecule has 2 amide bonds. The van der Waals surface area contributed by atoms with Gasteiger partial charge in [-0.15, -0.1) is 0 Å². The summed E-state index contributed by atoms with van der Waals surface area (Å²) in [6, 6.07) is 16.2. The van der Waals surface area contributed by atoms with Crippen molar-refractivity contribution in [1.82, 2.24) is 5.32 Å². The third-order valence-electron chi connectivity index (χ3n) is 3.58. The molecule has 6 nitrogen and oxygen atoms in total. The number of amides is 2. The summed E-state index contributed by atoms with van der Waals surface area (Å²) >= 11 is 0. The number of nitrogens with one attached hydrogen (secondary N) is 2. The van der Waals surface area contributed by atoms with Gasteiger partial charge < -0.3 is 15.4 Å². The molecule has 0 radical (unpaired) electrons. The fourth-order valence-electron chi connectivity index (χ4n) is 2.18. The highest BCUT2D eigenvalue weighted by atomic mass is 16.5. The molecule has 2 rings (SSSR count). The average molecular weight is 354 g/mol. The van der Waals surface area contributed by atoms with Crippen LogP contribution in [-0.2, 0) is 14.3 Å². The minimum Gasteiger partial charge on any atom is -0.456 e. The molecule has 0 spiro atoms. The summed E-state index contributed by atoms with van der Waals surface area (Å²) in [6.07, 6.45) is 0.573. The van der Waals surface area contributed by atoms with Crippen LogP contribution in [0.5, 0.6) is 0 Å². The Bertz CT molecular complexity index is 742. The van der Waals surface area contributed by atoms with Gasteiger partial charge in [0, 0.05) is 24.2 Å². The highest BCUT2D eigenvalue weighted by molar-refractivity contribution is 5.94. The van der Waals surface area contributed by atoms with E-state index in [9.17, 15) is 14.4 Å². The third kappa shape index (κ3) is 6.76. The van der Waals surface area contributed by atoms with Gasteiger partial charge in [0.2, 0.25) is 0 Å². The van der Waals surface area contributed by atoms with Crippen molar-refractivity contribution in [2.75, 3.05) is 18.5 Å². The van der Waals surface area contributed by atoms with Gasteiger partial charge in [-0.1, -0.05) is 35.9 Å². The van der Waals surface area contributed by atoms with Gasteiger partial charge in [-0.25, -0.2) is 0 Å². The van der Waals surface area contributed by atoms with Crippen LogP contribution in [0.4, 0.5) is 5.69 Å². The number of hydrogen-bond acceptors (Lipinski definition) is 4. The van der Waals surface area contributed by atoms with Crippen LogP contribution in [0.2, 0.25) is 0 Å². The second kappa shape index (κ2) is 9.98. The number of ether oxygens (including phenoxy) is 1. The summed E-state index contributed by atoms with van der Waals surface area (Å²) in [5.74, 6) is -1.05. The molecule has 136 valence electrons. The third-order valence-corrected chi connectivity index (χ3v) is 3.58. The molecule has 0 saturated carbocycles. The van der Waals surface area contributed by atoms with E-state index < -0.39 is 5.97 Å². The van der Waals surface area contributed by atoms with Crippen molar-refractivity contribution in [1.29, 1.82) is 0 Å². The second-order valence-corrected chi connectivity index (χ2v) is 5.80. The van der Waals surface area contributed by atoms with Crippen LogP contribution in [0.15, 0.2) is 54.6 Å². The van der Waals surface area contributed by atoms with Crippen LogP contribution < -0.4 is 10.6 Å². The van der Waals surface area contributed by atoms with Crippen molar-refractivity contribution in [3.8, 4) is 0 Å². The zero-order valence-corrected chi connectivity index (χ0v) is 14.7.